The van der Waals surface area contributed by atoms with E-state index in [4.69, 9.17) is 9.47 Å². The Labute approximate surface area is 157 Å². The zero-order valence-corrected chi connectivity index (χ0v) is 15.4. The van der Waals surface area contributed by atoms with Gasteiger partial charge in [-0.05, 0) is 35.4 Å². The Bertz CT molecular complexity index is 977. The normalized spacial score (nSPS) is 14.4. The molecule has 2 aromatic heterocycles. The van der Waals surface area contributed by atoms with Crippen molar-refractivity contribution < 1.29 is 14.3 Å². The molecule has 3 heterocycles. The second kappa shape index (κ2) is 7.28. The topological polar surface area (TPSA) is 68.1 Å². The number of fused-ring (bicyclic) bond motifs is 1. The van der Waals surface area contributed by atoms with Crippen LogP contribution in [-0.2, 0) is 4.74 Å². The van der Waals surface area contributed by atoms with Gasteiger partial charge in [0.05, 0.1) is 32.2 Å². The van der Waals surface area contributed by atoms with Crippen molar-refractivity contribution in [1.29, 1.82) is 0 Å². The Morgan fingerprint density at radius 3 is 2.70 bits per heavy atom. The van der Waals surface area contributed by atoms with Gasteiger partial charge in [-0.15, -0.1) is 0 Å². The van der Waals surface area contributed by atoms with Gasteiger partial charge in [-0.2, -0.15) is 0 Å². The maximum absolute atomic E-state index is 12.9. The average molecular weight is 366 g/mol. The summed E-state index contributed by atoms with van der Waals surface area (Å²) < 4.78 is 12.6. The summed E-state index contributed by atoms with van der Waals surface area (Å²) in [6.07, 6.45) is 3.60. The quantitative estimate of drug-likeness (QED) is 0.768. The molecule has 27 heavy (non-hydrogen) atoms. The fraction of sp³-hybridized carbons (Fsp3) is 0.300. The van der Waals surface area contributed by atoms with E-state index in [1.807, 2.05) is 52.9 Å². The van der Waals surface area contributed by atoms with Gasteiger partial charge in [0.1, 0.15) is 17.1 Å². The number of pyridine rings is 1. The number of rotatable bonds is 4. The van der Waals surface area contributed by atoms with E-state index in [-0.39, 0.29) is 5.91 Å². The number of aromatic nitrogens is 2. The minimum absolute atomic E-state index is 0.0198. The van der Waals surface area contributed by atoms with Gasteiger partial charge in [0.15, 0.2) is 0 Å². The molecular weight excluding hydrogens is 344 g/mol. The number of methoxy groups -OCH3 is 1. The highest BCUT2D eigenvalue weighted by Gasteiger charge is 2.21. The number of hydrogen-bond acceptors (Lipinski definition) is 5. The Kier molecular flexibility index (Phi) is 4.68. The van der Waals surface area contributed by atoms with Crippen LogP contribution in [0.1, 0.15) is 10.5 Å². The smallest absolute Gasteiger partial charge is 0.272 e. The molecule has 7 heteroatoms. The van der Waals surface area contributed by atoms with Crippen molar-refractivity contribution in [2.24, 2.45) is 0 Å². The Morgan fingerprint density at radius 2 is 1.96 bits per heavy atom. The van der Waals surface area contributed by atoms with E-state index in [0.29, 0.717) is 32.0 Å². The third-order valence-electron chi connectivity index (χ3n) is 4.83. The van der Waals surface area contributed by atoms with Crippen LogP contribution >= 0.6 is 0 Å². The average Bonchev–Trinajstić information content (AvgIpc) is 3.16. The van der Waals surface area contributed by atoms with Gasteiger partial charge in [0, 0.05) is 26.3 Å². The lowest BCUT2D eigenvalue weighted by Gasteiger charge is -2.26. The molecule has 1 aromatic carbocycles. The van der Waals surface area contributed by atoms with E-state index in [2.05, 4.69) is 10.3 Å². The number of benzene rings is 1. The molecule has 3 aromatic rings. The molecule has 1 fully saturated rings. The molecule has 0 atom stereocenters. The molecule has 140 valence electrons. The summed E-state index contributed by atoms with van der Waals surface area (Å²) in [5, 5.41) is 3.14. The summed E-state index contributed by atoms with van der Waals surface area (Å²) in [5.74, 6) is 0.765. The van der Waals surface area contributed by atoms with Gasteiger partial charge >= 0.3 is 0 Å². The van der Waals surface area contributed by atoms with Crippen LogP contribution in [0.15, 0.2) is 42.7 Å². The third-order valence-corrected chi connectivity index (χ3v) is 4.83. The number of hydrogen-bond donors (Lipinski definition) is 1. The standard InChI is InChI=1S/C20H22N4O3/c1-21-16-11-14(3-5-18(16)26-2)15-4-6-19-22-12-17(24(19)13-15)20(25)23-7-9-27-10-8-23/h3-6,11-13,21H,7-10H2,1-2H3. The van der Waals surface area contributed by atoms with E-state index in [1.165, 1.54) is 0 Å². The molecular formula is C20H22N4O3. The summed E-state index contributed by atoms with van der Waals surface area (Å²) >= 11 is 0. The van der Waals surface area contributed by atoms with Crippen LogP contribution < -0.4 is 10.1 Å². The van der Waals surface area contributed by atoms with Gasteiger partial charge in [-0.3, -0.25) is 9.20 Å². The first kappa shape index (κ1) is 17.4. The number of amides is 1. The molecule has 7 nitrogen and oxygen atoms in total. The fourth-order valence-corrected chi connectivity index (χ4v) is 3.32. The maximum Gasteiger partial charge on any atom is 0.272 e. The summed E-state index contributed by atoms with van der Waals surface area (Å²) in [7, 11) is 3.51. The zero-order chi connectivity index (χ0) is 18.8. The molecule has 1 aliphatic heterocycles. The predicted octanol–water partition coefficient (Wildman–Crippen LogP) is 2.52. The van der Waals surface area contributed by atoms with Crippen molar-refractivity contribution in [2.75, 3.05) is 45.8 Å². The molecule has 0 radical (unpaired) electrons. The van der Waals surface area contributed by atoms with Crippen LogP contribution in [0.5, 0.6) is 5.75 Å². The van der Waals surface area contributed by atoms with Crippen LogP contribution in [0.25, 0.3) is 16.8 Å². The minimum Gasteiger partial charge on any atom is -0.495 e. The molecule has 1 aliphatic rings. The molecule has 1 N–H and O–H groups in total. The van der Waals surface area contributed by atoms with Crippen LogP contribution in [0.4, 0.5) is 5.69 Å². The van der Waals surface area contributed by atoms with E-state index < -0.39 is 0 Å². The van der Waals surface area contributed by atoms with Crippen molar-refractivity contribution in [3.05, 3.63) is 48.4 Å². The number of morpholine rings is 1. The first-order valence-corrected chi connectivity index (χ1v) is 8.91. The minimum atomic E-state index is -0.0198. The number of carbonyl (C=O) groups is 1. The molecule has 0 bridgehead atoms. The summed E-state index contributed by atoms with van der Waals surface area (Å²) in [6, 6.07) is 9.89. The highest BCUT2D eigenvalue weighted by atomic mass is 16.5. The van der Waals surface area contributed by atoms with Gasteiger partial charge in [0.2, 0.25) is 0 Å². The molecule has 1 amide bonds. The van der Waals surface area contributed by atoms with Crippen LogP contribution in [-0.4, -0.2) is 60.7 Å². The summed E-state index contributed by atoms with van der Waals surface area (Å²) in [4.78, 5) is 19.1. The van der Waals surface area contributed by atoms with E-state index in [0.717, 1.165) is 28.2 Å². The number of nitrogens with zero attached hydrogens (tertiary/aromatic N) is 3. The van der Waals surface area contributed by atoms with E-state index in [1.54, 1.807) is 13.3 Å². The first-order chi connectivity index (χ1) is 13.2. The van der Waals surface area contributed by atoms with Crippen molar-refractivity contribution >= 4 is 17.2 Å². The van der Waals surface area contributed by atoms with Gasteiger partial charge in [-0.1, -0.05) is 6.07 Å². The monoisotopic (exact) mass is 366 g/mol. The number of ether oxygens (including phenoxy) is 2. The number of nitrogens with one attached hydrogen (secondary N) is 1. The molecule has 1 saturated heterocycles. The lowest BCUT2D eigenvalue weighted by atomic mass is 10.1. The molecule has 4 rings (SSSR count). The third kappa shape index (κ3) is 3.21. The Morgan fingerprint density at radius 1 is 1.19 bits per heavy atom. The second-order valence-corrected chi connectivity index (χ2v) is 6.36. The second-order valence-electron chi connectivity index (χ2n) is 6.36. The highest BCUT2D eigenvalue weighted by molar-refractivity contribution is 5.93. The first-order valence-electron chi connectivity index (χ1n) is 8.91. The molecule has 0 saturated carbocycles. The van der Waals surface area contributed by atoms with E-state index >= 15 is 0 Å². The zero-order valence-electron chi connectivity index (χ0n) is 15.4. The number of carbonyl (C=O) groups excluding carboxylic acids is 1. The maximum atomic E-state index is 12.9. The number of imidazole rings is 1. The van der Waals surface area contributed by atoms with Crippen molar-refractivity contribution in [2.45, 2.75) is 0 Å². The fourth-order valence-electron chi connectivity index (χ4n) is 3.32. The van der Waals surface area contributed by atoms with Crippen molar-refractivity contribution in [1.82, 2.24) is 14.3 Å². The number of anilines is 1. The summed E-state index contributed by atoms with van der Waals surface area (Å²) in [5.41, 5.74) is 4.25. The highest BCUT2D eigenvalue weighted by Crippen LogP contribution is 2.30. The van der Waals surface area contributed by atoms with Crippen LogP contribution in [0.2, 0.25) is 0 Å². The van der Waals surface area contributed by atoms with Gasteiger partial charge < -0.3 is 19.7 Å². The largest absolute Gasteiger partial charge is 0.495 e. The van der Waals surface area contributed by atoms with Gasteiger partial charge in [0.25, 0.3) is 5.91 Å². The Balaban J connectivity index is 1.72. The lowest BCUT2D eigenvalue weighted by molar-refractivity contribution is 0.0298. The lowest BCUT2D eigenvalue weighted by Crippen LogP contribution is -2.41. The Hall–Kier alpha value is -3.06. The van der Waals surface area contributed by atoms with Gasteiger partial charge in [-0.25, -0.2) is 4.98 Å². The van der Waals surface area contributed by atoms with Crippen LogP contribution in [0.3, 0.4) is 0 Å². The van der Waals surface area contributed by atoms with Crippen molar-refractivity contribution in [3.8, 4) is 16.9 Å². The molecule has 0 spiro atoms. The molecule has 0 aliphatic carbocycles. The van der Waals surface area contributed by atoms with Crippen molar-refractivity contribution in [3.63, 3.8) is 0 Å². The molecule has 0 unspecified atom stereocenters. The van der Waals surface area contributed by atoms with Crippen LogP contribution in [0, 0.1) is 0 Å². The SMILES string of the molecule is CNc1cc(-c2ccc3ncc(C(=O)N4CCOCC4)n3c2)ccc1OC. The predicted molar refractivity (Wildman–Crippen MR) is 103 cm³/mol. The van der Waals surface area contributed by atoms with E-state index in [9.17, 15) is 4.79 Å². The summed E-state index contributed by atoms with van der Waals surface area (Å²) in [6.45, 7) is 2.37.